The average Bonchev–Trinajstić information content (AvgIpc) is 3.40. The van der Waals surface area contributed by atoms with Crippen LogP contribution < -0.4 is 4.90 Å². The van der Waals surface area contributed by atoms with E-state index >= 15 is 0 Å². The molecular formula is C44H33N. The predicted octanol–water partition coefficient (Wildman–Crippen LogP) is 11.6. The zero-order valence-corrected chi connectivity index (χ0v) is 25.4. The van der Waals surface area contributed by atoms with Crippen LogP contribution in [0.4, 0.5) is 17.1 Å². The monoisotopic (exact) mass is 575 g/mol. The molecule has 0 saturated heterocycles. The van der Waals surface area contributed by atoms with E-state index in [1.165, 1.54) is 78.3 Å². The summed E-state index contributed by atoms with van der Waals surface area (Å²) in [5.41, 5.74) is 17.9. The van der Waals surface area contributed by atoms with Gasteiger partial charge >= 0.3 is 0 Å². The van der Waals surface area contributed by atoms with Gasteiger partial charge < -0.3 is 4.90 Å². The second kappa shape index (κ2) is 10.1. The van der Waals surface area contributed by atoms with E-state index in [-0.39, 0.29) is 0 Å². The zero-order chi connectivity index (χ0) is 30.0. The third-order valence-corrected chi connectivity index (χ3v) is 10.1. The molecule has 214 valence electrons. The van der Waals surface area contributed by atoms with Gasteiger partial charge in [-0.1, -0.05) is 133 Å². The van der Waals surface area contributed by atoms with Crippen molar-refractivity contribution in [2.24, 2.45) is 0 Å². The Morgan fingerprint density at radius 3 is 1.73 bits per heavy atom. The third-order valence-electron chi connectivity index (χ3n) is 10.1. The van der Waals surface area contributed by atoms with Crippen LogP contribution in [-0.2, 0) is 5.41 Å². The molecule has 1 spiro atoms. The summed E-state index contributed by atoms with van der Waals surface area (Å²) in [5.74, 6) is 0. The molecule has 6 aromatic rings. The Bertz CT molecular complexity index is 2120. The van der Waals surface area contributed by atoms with Crippen LogP contribution in [-0.4, -0.2) is 0 Å². The summed E-state index contributed by atoms with van der Waals surface area (Å²) in [5, 5.41) is 0. The highest BCUT2D eigenvalue weighted by molar-refractivity contribution is 5.96. The zero-order valence-electron chi connectivity index (χ0n) is 25.4. The third kappa shape index (κ3) is 3.80. The van der Waals surface area contributed by atoms with E-state index in [2.05, 4.69) is 170 Å². The first-order valence-electron chi connectivity index (χ1n) is 16.0. The van der Waals surface area contributed by atoms with Gasteiger partial charge in [-0.25, -0.2) is 0 Å². The van der Waals surface area contributed by atoms with Crippen molar-refractivity contribution in [1.29, 1.82) is 0 Å². The highest BCUT2D eigenvalue weighted by atomic mass is 15.2. The van der Waals surface area contributed by atoms with Crippen molar-refractivity contribution in [3.05, 3.63) is 191 Å². The Hall–Kier alpha value is -5.40. The maximum absolute atomic E-state index is 2.47. The highest BCUT2D eigenvalue weighted by Crippen LogP contribution is 2.63. The fraction of sp³-hybridized carbons (Fsp3) is 0.0909. The Morgan fingerprint density at radius 1 is 0.467 bits per heavy atom. The lowest BCUT2D eigenvalue weighted by Crippen LogP contribution is -2.36. The number of anilines is 3. The molecule has 1 aliphatic heterocycles. The topological polar surface area (TPSA) is 3.24 Å². The maximum Gasteiger partial charge on any atom is 0.0754 e. The number of para-hydroxylation sites is 3. The Labute approximate surface area is 265 Å². The Balaban J connectivity index is 1.28. The van der Waals surface area contributed by atoms with Crippen molar-refractivity contribution in [3.63, 3.8) is 0 Å². The molecule has 0 radical (unpaired) electrons. The molecule has 0 aromatic heterocycles. The van der Waals surface area contributed by atoms with Crippen LogP contribution in [0.3, 0.4) is 0 Å². The minimum atomic E-state index is -0.433. The first-order chi connectivity index (χ1) is 22.2. The molecule has 2 aliphatic carbocycles. The number of nitrogens with zero attached hydrogens (tertiary/aromatic N) is 1. The normalized spacial score (nSPS) is 15.4. The lowest BCUT2D eigenvalue weighted by Gasteiger charge is -2.45. The number of benzene rings is 6. The smallest absolute Gasteiger partial charge is 0.0754 e. The summed E-state index contributed by atoms with van der Waals surface area (Å²) >= 11 is 0. The van der Waals surface area contributed by atoms with E-state index in [1.807, 2.05) is 0 Å². The van der Waals surface area contributed by atoms with E-state index in [1.54, 1.807) is 0 Å². The SMILES string of the molecule is CC1=CC=C(c2ccc(-c3ccc4c(c3)C3(c5ccccc5-4)c4ccccc4N(c4ccccc4)c4ccccc43)cc2)CC1. The molecule has 0 bridgehead atoms. The van der Waals surface area contributed by atoms with Gasteiger partial charge in [0.05, 0.1) is 16.8 Å². The molecule has 45 heavy (non-hydrogen) atoms. The van der Waals surface area contributed by atoms with Crippen LogP contribution in [0.2, 0.25) is 0 Å². The van der Waals surface area contributed by atoms with Gasteiger partial charge in [-0.15, -0.1) is 0 Å². The van der Waals surface area contributed by atoms with Crippen molar-refractivity contribution in [1.82, 2.24) is 0 Å². The fourth-order valence-corrected chi connectivity index (χ4v) is 8.00. The minimum Gasteiger partial charge on any atom is -0.310 e. The molecule has 3 aliphatic rings. The van der Waals surface area contributed by atoms with E-state index < -0.39 is 5.41 Å². The van der Waals surface area contributed by atoms with Crippen LogP contribution in [0.5, 0.6) is 0 Å². The summed E-state index contributed by atoms with van der Waals surface area (Å²) in [6.45, 7) is 2.22. The first kappa shape index (κ1) is 26.0. The Kier molecular flexibility index (Phi) is 5.83. The molecule has 1 heterocycles. The molecule has 0 N–H and O–H groups in total. The highest BCUT2D eigenvalue weighted by Gasteiger charge is 2.51. The second-order valence-electron chi connectivity index (χ2n) is 12.5. The van der Waals surface area contributed by atoms with Gasteiger partial charge in [0.2, 0.25) is 0 Å². The van der Waals surface area contributed by atoms with Gasteiger partial charge in [-0.05, 0) is 106 Å². The van der Waals surface area contributed by atoms with Crippen LogP contribution in [0.1, 0.15) is 47.6 Å². The number of hydrogen-bond acceptors (Lipinski definition) is 1. The summed E-state index contributed by atoms with van der Waals surface area (Å²) < 4.78 is 0. The van der Waals surface area contributed by atoms with E-state index in [4.69, 9.17) is 0 Å². The van der Waals surface area contributed by atoms with Gasteiger partial charge in [0.25, 0.3) is 0 Å². The van der Waals surface area contributed by atoms with Crippen LogP contribution in [0, 0.1) is 0 Å². The summed E-state index contributed by atoms with van der Waals surface area (Å²) in [6, 6.07) is 54.2. The van der Waals surface area contributed by atoms with E-state index in [0.29, 0.717) is 0 Å². The lowest BCUT2D eigenvalue weighted by molar-refractivity contribution is 0.753. The molecule has 0 saturated carbocycles. The molecule has 0 unspecified atom stereocenters. The van der Waals surface area contributed by atoms with Crippen molar-refractivity contribution >= 4 is 22.6 Å². The lowest BCUT2D eigenvalue weighted by atomic mass is 9.64. The van der Waals surface area contributed by atoms with Gasteiger partial charge in [0.15, 0.2) is 0 Å². The van der Waals surface area contributed by atoms with Gasteiger partial charge in [0, 0.05) is 5.69 Å². The maximum atomic E-state index is 2.47. The molecular weight excluding hydrogens is 542 g/mol. The molecule has 1 nitrogen and oxygen atoms in total. The predicted molar refractivity (Wildman–Crippen MR) is 188 cm³/mol. The van der Waals surface area contributed by atoms with Crippen molar-refractivity contribution in [2.75, 3.05) is 4.90 Å². The van der Waals surface area contributed by atoms with Crippen molar-refractivity contribution < 1.29 is 0 Å². The standard InChI is InChI=1S/C44H33N/c1-30-19-21-31(22-20-30)32-23-25-33(26-24-32)34-27-28-37-36-13-5-6-14-38(36)44(41(37)29-34)39-15-7-9-17-42(39)45(35-11-3-2-4-12-35)43-18-10-8-16-40(43)44/h2-19,21,23-29H,20,22H2,1H3. The molecule has 0 fully saturated rings. The molecule has 1 heteroatoms. The second-order valence-corrected chi connectivity index (χ2v) is 12.5. The fourth-order valence-electron chi connectivity index (χ4n) is 8.00. The van der Waals surface area contributed by atoms with Crippen LogP contribution >= 0.6 is 0 Å². The van der Waals surface area contributed by atoms with E-state index in [0.717, 1.165) is 12.8 Å². The largest absolute Gasteiger partial charge is 0.310 e. The summed E-state index contributed by atoms with van der Waals surface area (Å²) in [7, 11) is 0. The van der Waals surface area contributed by atoms with Gasteiger partial charge in [-0.3, -0.25) is 0 Å². The number of fused-ring (bicyclic) bond motifs is 9. The summed E-state index contributed by atoms with van der Waals surface area (Å²) in [6.07, 6.45) is 6.82. The first-order valence-corrected chi connectivity index (χ1v) is 16.0. The van der Waals surface area contributed by atoms with Crippen LogP contribution in [0.15, 0.2) is 163 Å². The van der Waals surface area contributed by atoms with Crippen molar-refractivity contribution in [3.8, 4) is 22.3 Å². The number of allylic oxidation sites excluding steroid dienone is 4. The molecule has 0 atom stereocenters. The number of rotatable bonds is 3. The molecule has 9 rings (SSSR count). The minimum absolute atomic E-state index is 0.433. The van der Waals surface area contributed by atoms with Gasteiger partial charge in [0.1, 0.15) is 0 Å². The van der Waals surface area contributed by atoms with Crippen molar-refractivity contribution in [2.45, 2.75) is 25.2 Å². The molecule has 6 aromatic carbocycles. The average molecular weight is 576 g/mol. The quantitative estimate of drug-likeness (QED) is 0.203. The van der Waals surface area contributed by atoms with Gasteiger partial charge in [-0.2, -0.15) is 0 Å². The van der Waals surface area contributed by atoms with E-state index in [9.17, 15) is 0 Å². The molecule has 0 amide bonds. The van der Waals surface area contributed by atoms with Crippen LogP contribution in [0.25, 0.3) is 27.8 Å². The number of hydrogen-bond donors (Lipinski definition) is 0. The summed E-state index contributed by atoms with van der Waals surface area (Å²) in [4.78, 5) is 2.44. The Morgan fingerprint density at radius 2 is 1.04 bits per heavy atom.